The molecule has 23 heavy (non-hydrogen) atoms. The molecule has 0 aliphatic rings. The summed E-state index contributed by atoms with van der Waals surface area (Å²) in [7, 11) is 2.96. The zero-order chi connectivity index (χ0) is 17.0. The lowest BCUT2D eigenvalue weighted by Crippen LogP contribution is -2.19. The number of halogens is 3. The van der Waals surface area contributed by atoms with E-state index < -0.39 is 12.3 Å². The highest BCUT2D eigenvalue weighted by Gasteiger charge is 2.31. The first-order chi connectivity index (χ1) is 10.8. The van der Waals surface area contributed by atoms with Crippen molar-refractivity contribution < 1.29 is 27.4 Å². The minimum atomic E-state index is -4.73. The normalized spacial score (nSPS) is 11.2. The van der Waals surface area contributed by atoms with Crippen molar-refractivity contribution in [1.82, 2.24) is 4.98 Å². The fourth-order valence-corrected chi connectivity index (χ4v) is 2.61. The van der Waals surface area contributed by atoms with Gasteiger partial charge in [0, 0.05) is 24.2 Å². The van der Waals surface area contributed by atoms with Gasteiger partial charge in [-0.1, -0.05) is 6.07 Å². The van der Waals surface area contributed by atoms with E-state index in [1.165, 1.54) is 36.6 Å². The smallest absolute Gasteiger partial charge is 0.464 e. The largest absolute Gasteiger partial charge is 0.573 e. The van der Waals surface area contributed by atoms with Crippen molar-refractivity contribution in [3.05, 3.63) is 40.3 Å². The van der Waals surface area contributed by atoms with Crippen LogP contribution in [0, 0.1) is 0 Å². The van der Waals surface area contributed by atoms with Gasteiger partial charge in [0.05, 0.1) is 13.7 Å². The molecule has 0 spiro atoms. The Balaban J connectivity index is 2.08. The summed E-state index contributed by atoms with van der Waals surface area (Å²) in [6.45, 7) is 0.330. The van der Waals surface area contributed by atoms with Crippen molar-refractivity contribution in [3.63, 3.8) is 0 Å². The van der Waals surface area contributed by atoms with E-state index in [1.807, 2.05) is 0 Å². The third-order valence-corrected chi connectivity index (χ3v) is 3.64. The van der Waals surface area contributed by atoms with Gasteiger partial charge in [-0.3, -0.25) is 0 Å². The number of carbonyl (C=O) groups excluding carboxylic acids is 1. The van der Waals surface area contributed by atoms with E-state index in [0.29, 0.717) is 17.2 Å². The molecule has 1 aromatic heterocycles. The quantitative estimate of drug-likeness (QED) is 0.776. The Morgan fingerprint density at radius 2 is 2.13 bits per heavy atom. The van der Waals surface area contributed by atoms with Crippen molar-refractivity contribution in [2.75, 3.05) is 19.1 Å². The van der Waals surface area contributed by atoms with E-state index in [0.717, 1.165) is 0 Å². The summed E-state index contributed by atoms with van der Waals surface area (Å²) in [5, 5.41) is 2.20. The highest BCUT2D eigenvalue weighted by molar-refractivity contribution is 7.09. The molecule has 0 saturated heterocycles. The summed E-state index contributed by atoms with van der Waals surface area (Å²) in [5.74, 6) is -0.827. The van der Waals surface area contributed by atoms with Gasteiger partial charge in [0.2, 0.25) is 0 Å². The molecule has 0 saturated carbocycles. The number of rotatable bonds is 5. The van der Waals surface area contributed by atoms with E-state index in [1.54, 1.807) is 23.4 Å². The Hall–Kier alpha value is -2.29. The highest BCUT2D eigenvalue weighted by atomic mass is 32.1. The number of ether oxygens (including phenoxy) is 2. The van der Waals surface area contributed by atoms with Crippen LogP contribution in [0.3, 0.4) is 0 Å². The lowest BCUT2D eigenvalue weighted by molar-refractivity contribution is -0.274. The fourth-order valence-electron chi connectivity index (χ4n) is 1.79. The van der Waals surface area contributed by atoms with Crippen molar-refractivity contribution in [1.29, 1.82) is 0 Å². The van der Waals surface area contributed by atoms with Crippen LogP contribution in [0.1, 0.15) is 15.5 Å². The molecule has 0 bridgehead atoms. The highest BCUT2D eigenvalue weighted by Crippen LogP contribution is 2.27. The number of alkyl halides is 3. The Bertz CT molecular complexity index is 688. The van der Waals surface area contributed by atoms with Crippen LogP contribution < -0.4 is 9.64 Å². The zero-order valence-electron chi connectivity index (χ0n) is 12.3. The summed E-state index contributed by atoms with van der Waals surface area (Å²) >= 11 is 1.27. The van der Waals surface area contributed by atoms with Gasteiger partial charge in [-0.15, -0.1) is 24.5 Å². The van der Waals surface area contributed by atoms with Crippen molar-refractivity contribution in [3.8, 4) is 5.75 Å². The number of aromatic nitrogens is 1. The van der Waals surface area contributed by atoms with Gasteiger partial charge in [0.15, 0.2) is 5.69 Å². The SMILES string of the molecule is COC(=O)c1csc(CN(C)c2cccc(OC(F)(F)F)c2)n1. The predicted molar refractivity (Wildman–Crippen MR) is 78.7 cm³/mol. The Labute approximate surface area is 134 Å². The van der Waals surface area contributed by atoms with Crippen LogP contribution in [-0.2, 0) is 11.3 Å². The number of esters is 1. The summed E-state index contributed by atoms with van der Waals surface area (Å²) in [6.07, 6.45) is -4.73. The number of nitrogens with zero attached hydrogens (tertiary/aromatic N) is 2. The lowest BCUT2D eigenvalue weighted by Gasteiger charge is -2.19. The fraction of sp³-hybridized carbons (Fsp3) is 0.286. The molecule has 124 valence electrons. The third kappa shape index (κ3) is 4.85. The molecular weight excluding hydrogens is 333 g/mol. The van der Waals surface area contributed by atoms with Crippen LogP contribution in [0.2, 0.25) is 0 Å². The molecule has 9 heteroatoms. The molecule has 1 aromatic carbocycles. The summed E-state index contributed by atoms with van der Waals surface area (Å²) < 4.78 is 45.2. The maximum atomic E-state index is 12.2. The molecule has 0 aliphatic carbocycles. The molecule has 0 fully saturated rings. The number of hydrogen-bond donors (Lipinski definition) is 0. The van der Waals surface area contributed by atoms with Gasteiger partial charge < -0.3 is 14.4 Å². The number of carbonyl (C=O) groups is 1. The first-order valence-corrected chi connectivity index (χ1v) is 7.26. The average molecular weight is 346 g/mol. The molecule has 0 unspecified atom stereocenters. The second-order valence-corrected chi connectivity index (χ2v) is 5.46. The van der Waals surface area contributed by atoms with Crippen molar-refractivity contribution in [2.24, 2.45) is 0 Å². The van der Waals surface area contributed by atoms with Crippen LogP contribution in [-0.4, -0.2) is 31.5 Å². The van der Waals surface area contributed by atoms with Gasteiger partial charge in [0.25, 0.3) is 0 Å². The maximum absolute atomic E-state index is 12.2. The van der Waals surface area contributed by atoms with Gasteiger partial charge in [-0.05, 0) is 12.1 Å². The molecular formula is C14H13F3N2O3S. The molecule has 0 aliphatic heterocycles. The molecule has 0 radical (unpaired) electrons. The Kier molecular flexibility index (Phi) is 5.09. The summed E-state index contributed by atoms with van der Waals surface area (Å²) in [5.41, 5.74) is 0.733. The zero-order valence-corrected chi connectivity index (χ0v) is 13.1. The maximum Gasteiger partial charge on any atom is 0.573 e. The van der Waals surface area contributed by atoms with E-state index >= 15 is 0 Å². The minimum absolute atomic E-state index is 0.204. The van der Waals surface area contributed by atoms with E-state index in [9.17, 15) is 18.0 Å². The first-order valence-electron chi connectivity index (χ1n) is 6.38. The third-order valence-electron chi connectivity index (χ3n) is 2.81. The van der Waals surface area contributed by atoms with Gasteiger partial charge in [-0.25, -0.2) is 9.78 Å². The van der Waals surface area contributed by atoms with Gasteiger partial charge in [-0.2, -0.15) is 0 Å². The van der Waals surface area contributed by atoms with Crippen LogP contribution in [0.25, 0.3) is 0 Å². The molecule has 0 atom stereocenters. The van der Waals surface area contributed by atoms with E-state index in [-0.39, 0.29) is 11.4 Å². The van der Waals surface area contributed by atoms with E-state index in [4.69, 9.17) is 0 Å². The topological polar surface area (TPSA) is 51.7 Å². The molecule has 1 heterocycles. The minimum Gasteiger partial charge on any atom is -0.464 e. The number of thiazole rings is 1. The van der Waals surface area contributed by atoms with Crippen LogP contribution >= 0.6 is 11.3 Å². The van der Waals surface area contributed by atoms with Crippen molar-refractivity contribution >= 4 is 23.0 Å². The monoisotopic (exact) mass is 346 g/mol. The molecule has 5 nitrogen and oxygen atoms in total. The molecule has 0 N–H and O–H groups in total. The number of methoxy groups -OCH3 is 1. The van der Waals surface area contributed by atoms with E-state index in [2.05, 4.69) is 14.5 Å². The second kappa shape index (κ2) is 6.86. The molecule has 0 amide bonds. The number of benzene rings is 1. The Morgan fingerprint density at radius 1 is 1.39 bits per heavy atom. The summed E-state index contributed by atoms with van der Waals surface area (Å²) in [4.78, 5) is 17.2. The van der Waals surface area contributed by atoms with Gasteiger partial charge >= 0.3 is 12.3 Å². The lowest BCUT2D eigenvalue weighted by atomic mass is 10.3. The van der Waals surface area contributed by atoms with Crippen LogP contribution in [0.15, 0.2) is 29.6 Å². The Morgan fingerprint density at radius 3 is 2.78 bits per heavy atom. The van der Waals surface area contributed by atoms with Crippen LogP contribution in [0.5, 0.6) is 5.75 Å². The molecule has 2 aromatic rings. The standard InChI is InChI=1S/C14H13F3N2O3S/c1-19(7-12-18-11(8-23-12)13(20)21-2)9-4-3-5-10(6-9)22-14(15,16)17/h3-6,8H,7H2,1-2H3. The van der Waals surface area contributed by atoms with Crippen molar-refractivity contribution in [2.45, 2.75) is 12.9 Å². The summed E-state index contributed by atoms with van der Waals surface area (Å²) in [6, 6.07) is 5.62. The first kappa shape index (κ1) is 17.1. The number of hydrogen-bond acceptors (Lipinski definition) is 6. The average Bonchev–Trinajstić information content (AvgIpc) is 2.93. The number of anilines is 1. The van der Waals surface area contributed by atoms with Crippen LogP contribution in [0.4, 0.5) is 18.9 Å². The molecule has 2 rings (SSSR count). The second-order valence-electron chi connectivity index (χ2n) is 4.52. The predicted octanol–water partition coefficient (Wildman–Crippen LogP) is 3.46. The van der Waals surface area contributed by atoms with Gasteiger partial charge in [0.1, 0.15) is 10.8 Å².